The van der Waals surface area contributed by atoms with E-state index in [0.29, 0.717) is 0 Å². The van der Waals surface area contributed by atoms with E-state index in [-0.39, 0.29) is 58.2 Å². The summed E-state index contributed by atoms with van der Waals surface area (Å²) in [4.78, 5) is 0. The van der Waals surface area contributed by atoms with E-state index in [9.17, 15) is 0 Å². The van der Waals surface area contributed by atoms with Crippen molar-refractivity contribution in [2.45, 2.75) is 13.8 Å². The molecule has 0 bridgehead atoms. The van der Waals surface area contributed by atoms with Crippen molar-refractivity contribution in [2.24, 2.45) is 0 Å². The van der Waals surface area contributed by atoms with Crippen LogP contribution in [0.15, 0.2) is 90.5 Å². The minimum atomic E-state index is -0.264. The topological polar surface area (TPSA) is 0 Å². The number of benzene rings is 2. The fraction of sp³-hybridized carbons (Fsp3) is 0.0833. The van der Waals surface area contributed by atoms with Crippen LogP contribution in [-0.4, -0.2) is 0 Å². The molecule has 0 spiro atoms. The molecule has 0 atom stereocenters. The van der Waals surface area contributed by atoms with Gasteiger partial charge in [0.25, 0.3) is 0 Å². The average molecular weight is 590 g/mol. The summed E-state index contributed by atoms with van der Waals surface area (Å²) in [6, 6.07) is 28.2. The summed E-state index contributed by atoms with van der Waals surface area (Å²) in [6.45, 7) is 4.24. The van der Waals surface area contributed by atoms with E-state index in [0.717, 1.165) is 0 Å². The fourth-order valence-electron chi connectivity index (χ4n) is 3.11. The summed E-state index contributed by atoms with van der Waals surface area (Å²) >= 11 is 0. The van der Waals surface area contributed by atoms with Crippen LogP contribution in [0, 0.1) is 13.8 Å². The third-order valence-corrected chi connectivity index (χ3v) is 6.73. The minimum absolute atomic E-state index is 0. The molecule has 0 unspecified atom stereocenters. The zero-order valence-corrected chi connectivity index (χ0v) is 21.9. The summed E-state index contributed by atoms with van der Waals surface area (Å²) in [7, 11) is -0.264. The van der Waals surface area contributed by atoms with Crippen LogP contribution >= 0.6 is 7.53 Å². The largest absolute Gasteiger partial charge is 4.00 e. The van der Waals surface area contributed by atoms with Gasteiger partial charge in [0, 0.05) is 0 Å². The molecule has 140 valence electrons. The Bertz CT molecular complexity index is 979. The van der Waals surface area contributed by atoms with E-state index < -0.39 is 0 Å². The molecule has 1 heterocycles. The van der Waals surface area contributed by atoms with Crippen molar-refractivity contribution in [3.05, 3.63) is 102 Å². The zero-order chi connectivity index (χ0) is 17.2. The van der Waals surface area contributed by atoms with Crippen molar-refractivity contribution in [1.29, 1.82) is 0 Å². The zero-order valence-electron chi connectivity index (χ0n) is 15.9. The molecule has 0 amide bonds. The summed E-state index contributed by atoms with van der Waals surface area (Å²) in [5.41, 5.74) is 2.78. The number of hydrogen-bond donors (Lipinski definition) is 0. The molecule has 4 aromatic carbocycles. The Hall–Kier alpha value is -1.11. The first kappa shape index (κ1) is 24.9. The molecule has 0 saturated heterocycles. The number of hydrogen-bond acceptors (Lipinski definition) is 0. The maximum Gasteiger partial charge on any atom is 4.00 e. The molecule has 0 aliphatic heterocycles. The third kappa shape index (κ3) is 5.49. The maximum atomic E-state index is 2.42. The van der Waals surface area contributed by atoms with E-state index in [1.807, 2.05) is 0 Å². The second kappa shape index (κ2) is 11.2. The van der Waals surface area contributed by atoms with Crippen LogP contribution in [0.3, 0.4) is 0 Å². The Kier molecular flexibility index (Phi) is 9.95. The first-order chi connectivity index (χ1) is 12.2. The molecule has 0 fully saturated rings. The van der Waals surface area contributed by atoms with Gasteiger partial charge in [0.15, 0.2) is 0 Å². The molecule has 0 aliphatic rings. The van der Waals surface area contributed by atoms with Gasteiger partial charge in [-0.2, -0.15) is 23.3 Å². The monoisotopic (exact) mass is 590 g/mol. The molecule has 1 aromatic heterocycles. The van der Waals surface area contributed by atoms with Crippen molar-refractivity contribution < 1.29 is 50.7 Å². The van der Waals surface area contributed by atoms with Crippen LogP contribution in [0.25, 0.3) is 26.8 Å². The standard InChI is InChI=1S/C17H12P.C7H9.2ClH.Hf/c1-2-6-14-10-17(9-13(14)5-1)18-11-15-7-3-4-8-16(15)12-18;1-6-4-3-5-7(6)2;;;/h1-12H;3-5H,1-2H3;2*1H;/q2*-1;;;+4/p-2. The number of fused-ring (bicyclic) bond motifs is 2. The molecule has 0 N–H and O–H groups in total. The van der Waals surface area contributed by atoms with E-state index in [2.05, 4.69) is 104 Å². The maximum absolute atomic E-state index is 2.42. The van der Waals surface area contributed by atoms with Crippen LogP contribution in [0.1, 0.15) is 11.1 Å². The quantitative estimate of drug-likeness (QED) is 0.207. The Balaban J connectivity index is 0.000000341. The van der Waals surface area contributed by atoms with Gasteiger partial charge in [-0.25, -0.2) is 12.1 Å². The first-order valence-electron chi connectivity index (χ1n) is 8.62. The second-order valence-corrected chi connectivity index (χ2v) is 8.38. The molecular weight excluding hydrogens is 569 g/mol. The number of aryl methyl sites for hydroxylation is 2. The molecule has 0 nitrogen and oxygen atoms in total. The molecular formula is C24H21Cl2HfP. The van der Waals surface area contributed by atoms with Crippen molar-refractivity contribution in [3.63, 3.8) is 0 Å². The Morgan fingerprint density at radius 2 is 1.36 bits per heavy atom. The van der Waals surface area contributed by atoms with Gasteiger partial charge in [-0.1, -0.05) is 49.5 Å². The number of rotatable bonds is 1. The Morgan fingerprint density at radius 3 is 1.82 bits per heavy atom. The van der Waals surface area contributed by atoms with Gasteiger partial charge in [-0.15, -0.1) is 42.6 Å². The first-order valence-corrected chi connectivity index (χ1v) is 10.1. The molecule has 4 heteroatoms. The van der Waals surface area contributed by atoms with Gasteiger partial charge in [-0.05, 0) is 22.4 Å². The van der Waals surface area contributed by atoms with E-state index in [4.69, 9.17) is 0 Å². The smallest absolute Gasteiger partial charge is 1.00 e. The van der Waals surface area contributed by atoms with Gasteiger partial charge < -0.3 is 24.8 Å². The van der Waals surface area contributed by atoms with Gasteiger partial charge in [0.2, 0.25) is 0 Å². The van der Waals surface area contributed by atoms with Gasteiger partial charge >= 0.3 is 25.8 Å². The predicted molar refractivity (Wildman–Crippen MR) is 113 cm³/mol. The van der Waals surface area contributed by atoms with Crippen LogP contribution in [0.4, 0.5) is 0 Å². The van der Waals surface area contributed by atoms with Gasteiger partial charge in [0.05, 0.1) is 0 Å². The average Bonchev–Trinajstić information content (AvgIpc) is 3.33. The second-order valence-electron chi connectivity index (χ2n) is 6.53. The van der Waals surface area contributed by atoms with Crippen LogP contribution in [0.2, 0.25) is 0 Å². The van der Waals surface area contributed by atoms with Crippen molar-refractivity contribution in [3.8, 4) is 5.30 Å². The van der Waals surface area contributed by atoms with Crippen molar-refractivity contribution in [1.82, 2.24) is 0 Å². The van der Waals surface area contributed by atoms with E-state index in [1.165, 1.54) is 38.0 Å². The molecule has 0 aliphatic carbocycles. The van der Waals surface area contributed by atoms with Crippen molar-refractivity contribution in [2.75, 3.05) is 0 Å². The van der Waals surface area contributed by atoms with E-state index in [1.54, 1.807) is 0 Å². The Labute approximate surface area is 199 Å². The minimum Gasteiger partial charge on any atom is -1.00 e. The predicted octanol–water partition coefficient (Wildman–Crippen LogP) is 1.72. The summed E-state index contributed by atoms with van der Waals surface area (Å²) < 4.78 is 0. The molecule has 0 radical (unpaired) electrons. The summed E-state index contributed by atoms with van der Waals surface area (Å²) in [5, 5.41) is 6.94. The van der Waals surface area contributed by atoms with Crippen LogP contribution in [0.5, 0.6) is 0 Å². The SMILES string of the molecule is Cc1ccc[c-]1C.[Cl-].[Cl-].[Hf+4].c1ccc2cp(-c3cc4ccccc4[cH-]3)cc2c1. The van der Waals surface area contributed by atoms with Gasteiger partial charge in [0.1, 0.15) is 0 Å². The molecule has 5 rings (SSSR count). The molecule has 28 heavy (non-hydrogen) atoms. The van der Waals surface area contributed by atoms with Crippen LogP contribution < -0.4 is 24.8 Å². The summed E-state index contributed by atoms with van der Waals surface area (Å²) in [6.07, 6.45) is 0. The van der Waals surface area contributed by atoms with Gasteiger partial charge in [-0.3, -0.25) is 0 Å². The van der Waals surface area contributed by atoms with Crippen LogP contribution in [-0.2, 0) is 25.8 Å². The third-order valence-electron chi connectivity index (χ3n) is 4.77. The molecule has 0 saturated carbocycles. The normalized spacial score (nSPS) is 9.64. The molecule has 5 aromatic rings. The van der Waals surface area contributed by atoms with Crippen molar-refractivity contribution >= 4 is 29.1 Å². The fourth-order valence-corrected chi connectivity index (χ4v) is 5.13. The Morgan fingerprint density at radius 1 is 0.786 bits per heavy atom. The summed E-state index contributed by atoms with van der Waals surface area (Å²) in [5.74, 6) is 4.83. The number of halogens is 2. The van der Waals surface area contributed by atoms with E-state index >= 15 is 0 Å².